The molecule has 0 aliphatic carbocycles. The molecular weight excluding hydrogens is 315 g/mol. The van der Waals surface area contributed by atoms with Gasteiger partial charge in [-0.05, 0) is 22.8 Å². The molecule has 0 saturated heterocycles. The monoisotopic (exact) mass is 336 g/mol. The van der Waals surface area contributed by atoms with Crippen molar-refractivity contribution in [2.45, 2.75) is 6.92 Å². The smallest absolute Gasteiger partial charge is 0.0856 e. The van der Waals surface area contributed by atoms with Crippen LogP contribution in [0.2, 0.25) is 0 Å². The summed E-state index contributed by atoms with van der Waals surface area (Å²) in [6, 6.07) is 31.6. The van der Waals surface area contributed by atoms with Crippen molar-refractivity contribution in [2.24, 2.45) is 0 Å². The average Bonchev–Trinajstić information content (AvgIpc) is 2.68. The molecule has 0 amide bonds. The van der Waals surface area contributed by atoms with Crippen LogP contribution < -0.4 is 15.9 Å². The molecule has 0 aromatic heterocycles. The molecule has 0 fully saturated rings. The minimum atomic E-state index is -2.06. The minimum absolute atomic E-state index is 0.509. The molecule has 0 aliphatic heterocycles. The summed E-state index contributed by atoms with van der Waals surface area (Å²) in [5.41, 5.74) is 0. The summed E-state index contributed by atoms with van der Waals surface area (Å²) in [7, 11) is 0. The van der Waals surface area contributed by atoms with E-state index < -0.39 is 6.89 Å². The topological polar surface area (TPSA) is 18.5 Å². The first-order valence-corrected chi connectivity index (χ1v) is 9.92. The fraction of sp³-hybridized carbons (Fsp3) is 0.0952. The van der Waals surface area contributed by atoms with Gasteiger partial charge in [-0.2, -0.15) is 0 Å². The van der Waals surface area contributed by atoms with Crippen LogP contribution in [0.3, 0.4) is 0 Å². The van der Waals surface area contributed by atoms with Crippen molar-refractivity contribution in [3.8, 4) is 0 Å². The van der Waals surface area contributed by atoms with Crippen LogP contribution in [0, 0.1) is 0 Å². The molecule has 0 atom stereocenters. The maximum atomic E-state index is 5.54. The first-order valence-electron chi connectivity index (χ1n) is 8.06. The lowest BCUT2D eigenvalue weighted by Crippen LogP contribution is -2.27. The molecule has 0 saturated carbocycles. The first-order chi connectivity index (χ1) is 11.9. The van der Waals surface area contributed by atoms with Gasteiger partial charge in [-0.3, -0.25) is 0 Å². The van der Waals surface area contributed by atoms with Crippen molar-refractivity contribution < 1.29 is 9.78 Å². The summed E-state index contributed by atoms with van der Waals surface area (Å²) in [5.74, 6) is 1.90. The van der Waals surface area contributed by atoms with E-state index in [1.54, 1.807) is 0 Å². The third-order valence-corrected chi connectivity index (χ3v) is 7.62. The molecule has 3 heteroatoms. The molecule has 122 valence electrons. The zero-order valence-corrected chi connectivity index (χ0v) is 14.6. The van der Waals surface area contributed by atoms with E-state index in [0.29, 0.717) is 6.61 Å². The summed E-state index contributed by atoms with van der Waals surface area (Å²) < 4.78 is 0. The van der Waals surface area contributed by atoms with E-state index in [0.717, 1.165) is 0 Å². The lowest BCUT2D eigenvalue weighted by atomic mass is 10.4. The molecule has 0 N–H and O–H groups in total. The summed E-state index contributed by atoms with van der Waals surface area (Å²) in [4.78, 5) is 10.8. The second kappa shape index (κ2) is 8.12. The van der Waals surface area contributed by atoms with Gasteiger partial charge in [-0.15, -0.1) is 0 Å². The molecular formula is C21H21O2P. The van der Waals surface area contributed by atoms with E-state index in [2.05, 4.69) is 72.8 Å². The number of hydrogen-bond donors (Lipinski definition) is 0. The van der Waals surface area contributed by atoms with Gasteiger partial charge in [-0.1, -0.05) is 91.0 Å². The van der Waals surface area contributed by atoms with Crippen molar-refractivity contribution in [2.75, 3.05) is 6.61 Å². The van der Waals surface area contributed by atoms with Crippen LogP contribution in [0.15, 0.2) is 91.0 Å². The standard InChI is InChI=1S/C21H21O2P/c1-2-22-23-18-24(19-12-6-3-7-13-19,20-14-8-4-9-15-20)21-16-10-5-11-17-21/h3-18H,2H2,1H3. The average molecular weight is 336 g/mol. The predicted octanol–water partition coefficient (Wildman–Crippen LogP) is 3.71. The van der Waals surface area contributed by atoms with Gasteiger partial charge in [0.2, 0.25) is 0 Å². The molecule has 24 heavy (non-hydrogen) atoms. The van der Waals surface area contributed by atoms with Gasteiger partial charge >= 0.3 is 0 Å². The highest BCUT2D eigenvalue weighted by Crippen LogP contribution is 2.43. The van der Waals surface area contributed by atoms with Gasteiger partial charge in [0.1, 0.15) is 0 Å². The van der Waals surface area contributed by atoms with Crippen LogP contribution in [0.4, 0.5) is 0 Å². The molecule has 0 radical (unpaired) electrons. The van der Waals surface area contributed by atoms with Gasteiger partial charge in [0.15, 0.2) is 0 Å². The molecule has 0 aliphatic rings. The summed E-state index contributed by atoms with van der Waals surface area (Å²) in [5, 5.41) is 3.71. The van der Waals surface area contributed by atoms with Crippen LogP contribution in [0.5, 0.6) is 0 Å². The third kappa shape index (κ3) is 3.37. The van der Waals surface area contributed by atoms with E-state index in [-0.39, 0.29) is 0 Å². The van der Waals surface area contributed by atoms with Crippen molar-refractivity contribution in [3.05, 3.63) is 91.0 Å². The molecule has 3 aromatic rings. The van der Waals surface area contributed by atoms with E-state index in [1.165, 1.54) is 15.9 Å². The highest BCUT2D eigenvalue weighted by Gasteiger charge is 2.25. The largest absolute Gasteiger partial charge is 0.232 e. The van der Waals surface area contributed by atoms with Crippen molar-refractivity contribution in [3.63, 3.8) is 0 Å². The van der Waals surface area contributed by atoms with E-state index in [1.807, 2.05) is 31.1 Å². The lowest BCUT2D eigenvalue weighted by molar-refractivity contribution is -0.209. The van der Waals surface area contributed by atoms with E-state index >= 15 is 0 Å². The van der Waals surface area contributed by atoms with Gasteiger partial charge < -0.3 is 0 Å². The third-order valence-electron chi connectivity index (χ3n) is 3.88. The summed E-state index contributed by atoms with van der Waals surface area (Å²) in [6.07, 6.45) is 0. The lowest BCUT2D eigenvalue weighted by Gasteiger charge is -2.27. The Kier molecular flexibility index (Phi) is 5.66. The molecule has 0 bridgehead atoms. The Bertz CT molecular complexity index is 696. The number of benzene rings is 3. The van der Waals surface area contributed by atoms with Crippen LogP contribution in [-0.2, 0) is 9.78 Å². The Labute approximate surface area is 143 Å². The zero-order chi connectivity index (χ0) is 16.7. The maximum Gasteiger partial charge on any atom is 0.0856 e. The SMILES string of the molecule is CCOOC=P(c1ccccc1)(c1ccccc1)c1ccccc1. The maximum absolute atomic E-state index is 5.54. The van der Waals surface area contributed by atoms with Crippen LogP contribution in [-0.4, -0.2) is 12.6 Å². The predicted molar refractivity (Wildman–Crippen MR) is 104 cm³/mol. The Morgan fingerprint density at radius 2 is 1.04 bits per heavy atom. The highest BCUT2D eigenvalue weighted by molar-refractivity contribution is 7.94. The highest BCUT2D eigenvalue weighted by atomic mass is 31.2. The first kappa shape index (κ1) is 16.7. The normalized spacial score (nSPS) is 11.2. The quantitative estimate of drug-likeness (QED) is 0.296. The zero-order valence-electron chi connectivity index (χ0n) is 13.7. The van der Waals surface area contributed by atoms with Crippen molar-refractivity contribution in [1.29, 1.82) is 0 Å². The van der Waals surface area contributed by atoms with Gasteiger partial charge in [0.25, 0.3) is 0 Å². The van der Waals surface area contributed by atoms with E-state index in [4.69, 9.17) is 9.78 Å². The number of rotatable bonds is 6. The fourth-order valence-corrected chi connectivity index (χ4v) is 6.16. The summed E-state index contributed by atoms with van der Waals surface area (Å²) >= 11 is 0. The van der Waals surface area contributed by atoms with Gasteiger partial charge in [0.05, 0.1) is 12.6 Å². The summed E-state index contributed by atoms with van der Waals surface area (Å²) in [6.45, 7) is 0.372. The van der Waals surface area contributed by atoms with Crippen LogP contribution >= 0.6 is 6.89 Å². The van der Waals surface area contributed by atoms with E-state index in [9.17, 15) is 0 Å². The van der Waals surface area contributed by atoms with Crippen molar-refractivity contribution >= 4 is 28.8 Å². The second-order valence-corrected chi connectivity index (χ2v) is 8.54. The van der Waals surface area contributed by atoms with Crippen molar-refractivity contribution in [1.82, 2.24) is 0 Å². The molecule has 0 spiro atoms. The Morgan fingerprint density at radius 1 is 0.667 bits per heavy atom. The van der Waals surface area contributed by atoms with Gasteiger partial charge in [-0.25, -0.2) is 9.78 Å². The molecule has 0 heterocycles. The Balaban J connectivity index is 2.31. The molecule has 3 rings (SSSR count). The van der Waals surface area contributed by atoms with Gasteiger partial charge in [0, 0.05) is 6.89 Å². The molecule has 3 aromatic carbocycles. The number of hydrogen-bond acceptors (Lipinski definition) is 2. The Hall–Kier alpha value is -2.12. The minimum Gasteiger partial charge on any atom is -0.232 e. The van der Waals surface area contributed by atoms with Crippen LogP contribution in [0.1, 0.15) is 6.92 Å². The Morgan fingerprint density at radius 3 is 1.38 bits per heavy atom. The molecule has 2 nitrogen and oxygen atoms in total. The van der Waals surface area contributed by atoms with Crippen LogP contribution in [0.25, 0.3) is 0 Å². The molecule has 0 unspecified atom stereocenters. The second-order valence-electron chi connectivity index (χ2n) is 5.34. The fourth-order valence-electron chi connectivity index (χ4n) is 2.78.